The van der Waals surface area contributed by atoms with Gasteiger partial charge in [0.05, 0.1) is 5.92 Å². The Morgan fingerprint density at radius 1 is 1.19 bits per heavy atom. The first-order valence-electron chi connectivity index (χ1n) is 6.80. The molecule has 1 aromatic carbocycles. The summed E-state index contributed by atoms with van der Waals surface area (Å²) in [7, 11) is 0. The largest absolute Gasteiger partial charge is 0.391 e. The average molecular weight is 367 g/mol. The van der Waals surface area contributed by atoms with Crippen molar-refractivity contribution in [1.82, 2.24) is 0 Å². The van der Waals surface area contributed by atoms with Crippen LogP contribution < -0.4 is 0 Å². The topological polar surface area (TPSA) is 17.1 Å². The Labute approximate surface area is 128 Å². The molecular weight excluding hydrogens is 352 g/mol. The van der Waals surface area contributed by atoms with Crippen molar-refractivity contribution in [3.8, 4) is 0 Å². The minimum absolute atomic E-state index is 0.0112. The lowest BCUT2D eigenvalue weighted by Crippen LogP contribution is -2.30. The van der Waals surface area contributed by atoms with Gasteiger partial charge in [-0.1, -0.05) is 22.0 Å². The highest BCUT2D eigenvalue weighted by atomic mass is 79.9. The monoisotopic (exact) mass is 366 g/mol. The van der Waals surface area contributed by atoms with Gasteiger partial charge in [0, 0.05) is 16.8 Å². The molecule has 116 valence electrons. The van der Waals surface area contributed by atoms with E-state index >= 15 is 0 Å². The second-order valence-corrected chi connectivity index (χ2v) is 6.38. The van der Waals surface area contributed by atoms with Crippen molar-refractivity contribution in [3.05, 3.63) is 34.1 Å². The summed E-state index contributed by atoms with van der Waals surface area (Å²) in [6.07, 6.45) is -3.78. The van der Waals surface area contributed by atoms with Crippen LogP contribution in [0.25, 0.3) is 0 Å². The maximum atomic E-state index is 13.7. The van der Waals surface area contributed by atoms with Gasteiger partial charge in [0.25, 0.3) is 0 Å². The van der Waals surface area contributed by atoms with Crippen LogP contribution >= 0.6 is 15.9 Å². The van der Waals surface area contributed by atoms with Crippen molar-refractivity contribution in [2.24, 2.45) is 11.8 Å². The zero-order valence-electron chi connectivity index (χ0n) is 11.2. The van der Waals surface area contributed by atoms with E-state index in [1.807, 2.05) is 0 Å². The molecule has 1 fully saturated rings. The van der Waals surface area contributed by atoms with Crippen molar-refractivity contribution in [1.29, 1.82) is 0 Å². The van der Waals surface area contributed by atoms with E-state index in [1.54, 1.807) is 6.07 Å². The summed E-state index contributed by atoms with van der Waals surface area (Å²) < 4.78 is 52.0. The van der Waals surface area contributed by atoms with Crippen LogP contribution in [-0.2, 0) is 11.2 Å². The molecule has 0 saturated heterocycles. The van der Waals surface area contributed by atoms with Gasteiger partial charge in [0.15, 0.2) is 0 Å². The number of ketones is 1. The summed E-state index contributed by atoms with van der Waals surface area (Å²) in [6.45, 7) is 0. The zero-order chi connectivity index (χ0) is 15.6. The number of Topliss-reactive ketones (excluding diaryl/α,β-unsaturated/α-hetero) is 1. The predicted molar refractivity (Wildman–Crippen MR) is 74.3 cm³/mol. The van der Waals surface area contributed by atoms with E-state index in [-0.39, 0.29) is 43.8 Å². The quantitative estimate of drug-likeness (QED) is 0.682. The first kappa shape index (κ1) is 16.5. The summed E-state index contributed by atoms with van der Waals surface area (Å²) in [5, 5.41) is 0. The Morgan fingerprint density at radius 2 is 1.81 bits per heavy atom. The summed E-state index contributed by atoms with van der Waals surface area (Å²) in [6, 6.07) is 4.45. The smallest absolute Gasteiger partial charge is 0.299 e. The molecule has 0 spiro atoms. The predicted octanol–water partition coefficient (Wildman–Crippen LogP) is 5.07. The van der Waals surface area contributed by atoms with Gasteiger partial charge in [-0.25, -0.2) is 4.39 Å². The molecule has 0 N–H and O–H groups in total. The molecule has 1 aliphatic carbocycles. The molecule has 0 atom stereocenters. The highest BCUT2D eigenvalue weighted by molar-refractivity contribution is 9.10. The first-order valence-corrected chi connectivity index (χ1v) is 7.60. The zero-order valence-corrected chi connectivity index (χ0v) is 12.8. The molecule has 0 bridgehead atoms. The summed E-state index contributed by atoms with van der Waals surface area (Å²) in [5.41, 5.74) is 0.293. The number of alkyl halides is 3. The van der Waals surface area contributed by atoms with Crippen LogP contribution in [0.5, 0.6) is 0 Å². The van der Waals surface area contributed by atoms with E-state index in [1.165, 1.54) is 12.1 Å². The molecule has 1 aliphatic rings. The molecule has 1 nitrogen and oxygen atoms in total. The molecule has 6 heteroatoms. The minimum Gasteiger partial charge on any atom is -0.299 e. The van der Waals surface area contributed by atoms with E-state index < -0.39 is 17.9 Å². The van der Waals surface area contributed by atoms with E-state index in [0.717, 1.165) is 0 Å². The third-order valence-corrected chi connectivity index (χ3v) is 4.52. The van der Waals surface area contributed by atoms with Crippen LogP contribution in [0.4, 0.5) is 17.6 Å². The van der Waals surface area contributed by atoms with E-state index in [4.69, 9.17) is 0 Å². The van der Waals surface area contributed by atoms with Gasteiger partial charge in [-0.05, 0) is 43.4 Å². The van der Waals surface area contributed by atoms with E-state index in [9.17, 15) is 22.4 Å². The van der Waals surface area contributed by atoms with Crippen LogP contribution in [0.2, 0.25) is 0 Å². The lowest BCUT2D eigenvalue weighted by Gasteiger charge is -2.29. The van der Waals surface area contributed by atoms with Crippen molar-refractivity contribution in [3.63, 3.8) is 0 Å². The maximum absolute atomic E-state index is 13.7. The average Bonchev–Trinajstić information content (AvgIpc) is 2.41. The maximum Gasteiger partial charge on any atom is 0.391 e. The first-order chi connectivity index (χ1) is 9.77. The highest BCUT2D eigenvalue weighted by Crippen LogP contribution is 2.40. The SMILES string of the molecule is O=C(Cc1ccc(Br)cc1F)C1CCC(C(F)(F)F)CC1. The number of halogens is 5. The van der Waals surface area contributed by atoms with Gasteiger partial charge >= 0.3 is 6.18 Å². The summed E-state index contributed by atoms with van der Waals surface area (Å²) in [4.78, 5) is 12.1. The molecule has 0 unspecified atom stereocenters. The number of carbonyl (C=O) groups is 1. The Bertz CT molecular complexity index is 519. The standard InChI is InChI=1S/C15H15BrF4O/c16-12-6-3-10(13(17)8-12)7-14(21)9-1-4-11(5-2-9)15(18,19)20/h3,6,8-9,11H,1-2,4-5,7H2. The number of carbonyl (C=O) groups excluding carboxylic acids is 1. The molecular formula is C15H15BrF4O. The molecule has 1 aromatic rings. The fraction of sp³-hybridized carbons (Fsp3) is 0.533. The number of hydrogen-bond acceptors (Lipinski definition) is 1. The van der Waals surface area contributed by atoms with E-state index in [2.05, 4.69) is 15.9 Å². The minimum atomic E-state index is -4.17. The van der Waals surface area contributed by atoms with E-state index in [0.29, 0.717) is 10.0 Å². The van der Waals surface area contributed by atoms with Crippen LogP contribution in [0.1, 0.15) is 31.2 Å². The van der Waals surface area contributed by atoms with Crippen LogP contribution in [-0.4, -0.2) is 12.0 Å². The van der Waals surface area contributed by atoms with Crippen molar-refractivity contribution < 1.29 is 22.4 Å². The van der Waals surface area contributed by atoms with Crippen LogP contribution in [0.15, 0.2) is 22.7 Å². The second kappa shape index (κ2) is 6.46. The normalized spacial score (nSPS) is 23.1. The van der Waals surface area contributed by atoms with Gasteiger partial charge in [-0.2, -0.15) is 13.2 Å². The van der Waals surface area contributed by atoms with Crippen molar-refractivity contribution in [2.45, 2.75) is 38.3 Å². The molecule has 2 rings (SSSR count). The summed E-state index contributed by atoms with van der Waals surface area (Å²) >= 11 is 3.13. The van der Waals surface area contributed by atoms with Gasteiger partial charge in [0.1, 0.15) is 11.6 Å². The molecule has 21 heavy (non-hydrogen) atoms. The van der Waals surface area contributed by atoms with Gasteiger partial charge < -0.3 is 0 Å². The molecule has 0 aliphatic heterocycles. The Balaban J connectivity index is 1.93. The lowest BCUT2D eigenvalue weighted by molar-refractivity contribution is -0.184. The molecule has 0 amide bonds. The van der Waals surface area contributed by atoms with Crippen molar-refractivity contribution in [2.75, 3.05) is 0 Å². The molecule has 0 aromatic heterocycles. The van der Waals surface area contributed by atoms with Crippen LogP contribution in [0.3, 0.4) is 0 Å². The number of rotatable bonds is 3. The second-order valence-electron chi connectivity index (χ2n) is 5.47. The number of hydrogen-bond donors (Lipinski definition) is 0. The fourth-order valence-corrected chi connectivity index (χ4v) is 3.07. The molecule has 0 radical (unpaired) electrons. The van der Waals surface area contributed by atoms with Gasteiger partial charge in [-0.3, -0.25) is 4.79 Å². The van der Waals surface area contributed by atoms with Gasteiger partial charge in [-0.15, -0.1) is 0 Å². The molecule has 1 saturated carbocycles. The van der Waals surface area contributed by atoms with Gasteiger partial charge in [0.2, 0.25) is 0 Å². The lowest BCUT2D eigenvalue weighted by atomic mass is 9.78. The fourth-order valence-electron chi connectivity index (χ4n) is 2.74. The highest BCUT2D eigenvalue weighted by Gasteiger charge is 2.42. The third kappa shape index (κ3) is 4.28. The summed E-state index contributed by atoms with van der Waals surface area (Å²) in [5.74, 6) is -2.32. The Kier molecular flexibility index (Phi) is 5.07. The Hall–Kier alpha value is -0.910. The number of benzene rings is 1. The molecule has 0 heterocycles. The van der Waals surface area contributed by atoms with Crippen LogP contribution in [0, 0.1) is 17.7 Å². The van der Waals surface area contributed by atoms with Crippen molar-refractivity contribution >= 4 is 21.7 Å². The third-order valence-electron chi connectivity index (χ3n) is 4.03. The Morgan fingerprint density at radius 3 is 2.33 bits per heavy atom.